The van der Waals surface area contributed by atoms with E-state index >= 15 is 0 Å². The van der Waals surface area contributed by atoms with Crippen molar-refractivity contribution in [3.63, 3.8) is 0 Å². The predicted octanol–water partition coefficient (Wildman–Crippen LogP) is 3.21. The van der Waals surface area contributed by atoms with E-state index in [4.69, 9.17) is 4.74 Å². The second-order valence-electron chi connectivity index (χ2n) is 7.46. The lowest BCUT2D eigenvalue weighted by Gasteiger charge is -2.39. The average molecular weight is 380 g/mol. The Kier molecular flexibility index (Phi) is 4.81. The molecular weight excluding hydrogens is 356 g/mol. The van der Waals surface area contributed by atoms with Gasteiger partial charge in [0, 0.05) is 6.54 Å². The topological polar surface area (TPSA) is 78.9 Å². The van der Waals surface area contributed by atoms with Gasteiger partial charge >= 0.3 is 0 Å². The van der Waals surface area contributed by atoms with Crippen LogP contribution in [0.3, 0.4) is 0 Å². The number of para-hydroxylation sites is 1. The van der Waals surface area contributed by atoms with E-state index in [9.17, 15) is 14.7 Å². The number of fused-ring (bicyclic) bond motifs is 1. The standard InChI is InChI=1S/C22H24N2O4/c1-2-28-18-10-4-3-8-16(18)20(25)23-17-9-5-7-15-13-24(21(26)19(15)17)14-22(27)11-6-12-22/h3-5,7-10,27H,2,6,11-14H2,1H3,(H,23,25). The molecule has 146 valence electrons. The number of rotatable bonds is 6. The number of amides is 2. The lowest BCUT2D eigenvalue weighted by atomic mass is 9.80. The van der Waals surface area contributed by atoms with Crippen molar-refractivity contribution < 1.29 is 19.4 Å². The van der Waals surface area contributed by atoms with Crippen LogP contribution in [0.4, 0.5) is 5.69 Å². The molecule has 6 heteroatoms. The van der Waals surface area contributed by atoms with Gasteiger partial charge in [0.1, 0.15) is 5.75 Å². The number of ether oxygens (including phenoxy) is 1. The van der Waals surface area contributed by atoms with Crippen LogP contribution in [0.5, 0.6) is 5.75 Å². The third kappa shape index (κ3) is 3.36. The van der Waals surface area contributed by atoms with Crippen molar-refractivity contribution in [1.82, 2.24) is 4.90 Å². The Bertz CT molecular complexity index is 921. The number of nitrogens with one attached hydrogen (secondary N) is 1. The molecule has 2 aromatic carbocycles. The predicted molar refractivity (Wildman–Crippen MR) is 106 cm³/mol. The largest absolute Gasteiger partial charge is 0.493 e. The Morgan fingerprint density at radius 1 is 1.21 bits per heavy atom. The molecule has 2 aromatic rings. The first-order valence-electron chi connectivity index (χ1n) is 9.67. The van der Waals surface area contributed by atoms with Crippen LogP contribution >= 0.6 is 0 Å². The molecule has 1 aliphatic carbocycles. The summed E-state index contributed by atoms with van der Waals surface area (Å²) in [6, 6.07) is 12.5. The van der Waals surface area contributed by atoms with Crippen LogP contribution < -0.4 is 10.1 Å². The lowest BCUT2D eigenvalue weighted by Crippen LogP contribution is -2.48. The van der Waals surface area contributed by atoms with Crippen LogP contribution in [0.2, 0.25) is 0 Å². The van der Waals surface area contributed by atoms with Gasteiger partial charge in [0.15, 0.2) is 0 Å². The maximum atomic E-state index is 13.0. The molecule has 0 saturated heterocycles. The van der Waals surface area contributed by atoms with Gasteiger partial charge in [-0.3, -0.25) is 9.59 Å². The normalized spacial score (nSPS) is 17.1. The van der Waals surface area contributed by atoms with Crippen molar-refractivity contribution in [1.29, 1.82) is 0 Å². The summed E-state index contributed by atoms with van der Waals surface area (Å²) in [5, 5.41) is 13.3. The molecule has 0 unspecified atom stereocenters. The van der Waals surface area contributed by atoms with Crippen molar-refractivity contribution in [3.05, 3.63) is 59.2 Å². The molecule has 2 N–H and O–H groups in total. The van der Waals surface area contributed by atoms with Gasteiger partial charge in [-0.05, 0) is 49.9 Å². The van der Waals surface area contributed by atoms with E-state index in [-0.39, 0.29) is 11.8 Å². The SMILES string of the molecule is CCOc1ccccc1C(=O)Nc1cccc2c1C(=O)N(CC1(O)CCC1)C2. The van der Waals surface area contributed by atoms with E-state index in [1.165, 1.54) is 0 Å². The molecule has 2 amide bonds. The molecule has 2 aliphatic rings. The summed E-state index contributed by atoms with van der Waals surface area (Å²) < 4.78 is 5.54. The maximum Gasteiger partial charge on any atom is 0.259 e. The average Bonchev–Trinajstić information content (AvgIpc) is 2.97. The van der Waals surface area contributed by atoms with Gasteiger partial charge in [-0.25, -0.2) is 0 Å². The summed E-state index contributed by atoms with van der Waals surface area (Å²) >= 11 is 0. The van der Waals surface area contributed by atoms with E-state index in [1.54, 1.807) is 29.2 Å². The number of carbonyl (C=O) groups excluding carboxylic acids is 2. The minimum atomic E-state index is -0.766. The molecule has 4 rings (SSSR count). The van der Waals surface area contributed by atoms with Crippen LogP contribution in [0, 0.1) is 0 Å². The monoisotopic (exact) mass is 380 g/mol. The molecule has 28 heavy (non-hydrogen) atoms. The number of aliphatic hydroxyl groups is 1. The van der Waals surface area contributed by atoms with Gasteiger partial charge < -0.3 is 20.1 Å². The van der Waals surface area contributed by atoms with Crippen LogP contribution in [-0.2, 0) is 6.54 Å². The van der Waals surface area contributed by atoms with Gasteiger partial charge in [-0.15, -0.1) is 0 Å². The highest BCUT2D eigenvalue weighted by atomic mass is 16.5. The van der Waals surface area contributed by atoms with Crippen LogP contribution in [0.15, 0.2) is 42.5 Å². The smallest absolute Gasteiger partial charge is 0.259 e. The fourth-order valence-corrected chi connectivity index (χ4v) is 3.88. The molecule has 0 radical (unpaired) electrons. The first kappa shape index (κ1) is 18.5. The third-order valence-electron chi connectivity index (χ3n) is 5.46. The van der Waals surface area contributed by atoms with Gasteiger partial charge in [0.05, 0.1) is 35.6 Å². The molecule has 1 fully saturated rings. The number of hydrogen-bond acceptors (Lipinski definition) is 4. The summed E-state index contributed by atoms with van der Waals surface area (Å²) in [6.07, 6.45) is 2.45. The van der Waals surface area contributed by atoms with Gasteiger partial charge in [0.2, 0.25) is 0 Å². The van der Waals surface area contributed by atoms with E-state index in [0.717, 1.165) is 24.8 Å². The highest BCUT2D eigenvalue weighted by Gasteiger charge is 2.40. The minimum absolute atomic E-state index is 0.149. The zero-order valence-corrected chi connectivity index (χ0v) is 15.9. The Balaban J connectivity index is 1.56. The number of benzene rings is 2. The van der Waals surface area contributed by atoms with Crippen molar-refractivity contribution >= 4 is 17.5 Å². The molecule has 1 aliphatic heterocycles. The van der Waals surface area contributed by atoms with E-state index in [0.29, 0.717) is 42.3 Å². The quantitative estimate of drug-likeness (QED) is 0.807. The van der Waals surface area contributed by atoms with Gasteiger partial charge in [-0.2, -0.15) is 0 Å². The molecule has 0 atom stereocenters. The first-order valence-corrected chi connectivity index (χ1v) is 9.67. The fraction of sp³-hybridized carbons (Fsp3) is 0.364. The summed E-state index contributed by atoms with van der Waals surface area (Å²) in [6.45, 7) is 3.11. The zero-order valence-electron chi connectivity index (χ0n) is 15.9. The molecule has 6 nitrogen and oxygen atoms in total. The van der Waals surface area contributed by atoms with Gasteiger partial charge in [-0.1, -0.05) is 24.3 Å². The molecule has 0 spiro atoms. The fourth-order valence-electron chi connectivity index (χ4n) is 3.88. The highest BCUT2D eigenvalue weighted by molar-refractivity contribution is 6.11. The van der Waals surface area contributed by atoms with Crippen molar-refractivity contribution in [3.8, 4) is 5.75 Å². The number of hydrogen-bond donors (Lipinski definition) is 2. The first-order chi connectivity index (χ1) is 13.5. The Morgan fingerprint density at radius 2 is 2.00 bits per heavy atom. The third-order valence-corrected chi connectivity index (χ3v) is 5.46. The van der Waals surface area contributed by atoms with Crippen LogP contribution in [-0.4, -0.2) is 40.6 Å². The second kappa shape index (κ2) is 7.28. The zero-order chi connectivity index (χ0) is 19.7. The van der Waals surface area contributed by atoms with E-state index in [2.05, 4.69) is 5.32 Å². The molecule has 0 bridgehead atoms. The summed E-state index contributed by atoms with van der Waals surface area (Å²) in [7, 11) is 0. The lowest BCUT2D eigenvalue weighted by molar-refractivity contribution is -0.0535. The number of nitrogens with zero attached hydrogens (tertiary/aromatic N) is 1. The van der Waals surface area contributed by atoms with Crippen molar-refractivity contribution in [2.45, 2.75) is 38.3 Å². The van der Waals surface area contributed by atoms with Crippen molar-refractivity contribution in [2.24, 2.45) is 0 Å². The van der Waals surface area contributed by atoms with E-state index in [1.807, 2.05) is 25.1 Å². The molecule has 1 saturated carbocycles. The Morgan fingerprint density at radius 3 is 2.71 bits per heavy atom. The van der Waals surface area contributed by atoms with Crippen LogP contribution in [0.25, 0.3) is 0 Å². The summed E-state index contributed by atoms with van der Waals surface area (Å²) in [5.74, 6) is 0.0425. The molecule has 1 heterocycles. The number of carbonyl (C=O) groups is 2. The Hall–Kier alpha value is -2.86. The minimum Gasteiger partial charge on any atom is -0.493 e. The summed E-state index contributed by atoms with van der Waals surface area (Å²) in [4.78, 5) is 27.5. The van der Waals surface area contributed by atoms with Gasteiger partial charge in [0.25, 0.3) is 11.8 Å². The Labute approximate surface area is 164 Å². The second-order valence-corrected chi connectivity index (χ2v) is 7.46. The van der Waals surface area contributed by atoms with Crippen molar-refractivity contribution in [2.75, 3.05) is 18.5 Å². The summed E-state index contributed by atoms with van der Waals surface area (Å²) in [5.41, 5.74) is 1.52. The number of β-amino-alcohol motifs (C(OH)–C–C–N with tert-alkyl or cyclic N) is 1. The molecule has 0 aromatic heterocycles. The van der Waals surface area contributed by atoms with E-state index < -0.39 is 5.60 Å². The highest BCUT2D eigenvalue weighted by Crippen LogP contribution is 2.36. The molecular formula is C22H24N2O4. The van der Waals surface area contributed by atoms with Crippen LogP contribution in [0.1, 0.15) is 52.5 Å². The number of anilines is 1. The maximum absolute atomic E-state index is 13.0.